The maximum absolute atomic E-state index is 13.6. The molecule has 0 saturated carbocycles. The number of ether oxygens (including phenoxy) is 3. The topological polar surface area (TPSA) is 98.2 Å². The molecule has 1 aromatic heterocycles. The zero-order valence-corrected chi connectivity index (χ0v) is 23.6. The number of thiazole rings is 1. The number of ketones is 1. The van der Waals surface area contributed by atoms with Gasteiger partial charge in [-0.05, 0) is 54.4 Å². The summed E-state index contributed by atoms with van der Waals surface area (Å²) in [5.41, 5.74) is 1.62. The second kappa shape index (κ2) is 12.3. The van der Waals surface area contributed by atoms with Crippen LogP contribution < -0.4 is 19.1 Å². The van der Waals surface area contributed by atoms with Gasteiger partial charge in [-0.3, -0.25) is 14.5 Å². The van der Waals surface area contributed by atoms with E-state index >= 15 is 0 Å². The predicted octanol–water partition coefficient (Wildman–Crippen LogP) is 6.67. The number of methoxy groups -OCH3 is 1. The van der Waals surface area contributed by atoms with Crippen LogP contribution in [-0.2, 0) is 9.59 Å². The number of anilines is 1. The van der Waals surface area contributed by atoms with Crippen molar-refractivity contribution in [2.75, 3.05) is 25.2 Å². The lowest BCUT2D eigenvalue weighted by atomic mass is 9.95. The van der Waals surface area contributed by atoms with Crippen molar-refractivity contribution in [3.8, 4) is 17.2 Å². The number of carbonyl (C=O) groups excluding carboxylic acids is 2. The van der Waals surface area contributed by atoms with E-state index in [9.17, 15) is 14.7 Å². The largest absolute Gasteiger partial charge is 0.507 e. The number of aliphatic hydroxyl groups excluding tert-OH is 1. The van der Waals surface area contributed by atoms with Gasteiger partial charge < -0.3 is 19.3 Å². The minimum absolute atomic E-state index is 0.0303. The molecule has 0 spiro atoms. The third-order valence-corrected chi connectivity index (χ3v) is 7.69. The summed E-state index contributed by atoms with van der Waals surface area (Å²) in [4.78, 5) is 33.2. The second-order valence-electron chi connectivity index (χ2n) is 9.40. The van der Waals surface area contributed by atoms with Crippen LogP contribution in [0.15, 0.2) is 85.0 Å². The first-order chi connectivity index (χ1) is 19.9. The van der Waals surface area contributed by atoms with Crippen LogP contribution in [0, 0.1) is 0 Å². The lowest BCUT2D eigenvalue weighted by molar-refractivity contribution is -0.132. The maximum Gasteiger partial charge on any atom is 0.301 e. The van der Waals surface area contributed by atoms with Crippen molar-refractivity contribution in [1.82, 2.24) is 4.98 Å². The Bertz CT molecular complexity index is 1620. The van der Waals surface area contributed by atoms with Gasteiger partial charge in [-0.15, -0.1) is 0 Å². The first-order valence-electron chi connectivity index (χ1n) is 13.3. The van der Waals surface area contributed by atoms with Crippen LogP contribution in [0.3, 0.4) is 0 Å². The monoisotopic (exact) mass is 570 g/mol. The quantitative estimate of drug-likeness (QED) is 0.0707. The normalized spacial score (nSPS) is 16.2. The minimum Gasteiger partial charge on any atom is -0.507 e. The summed E-state index contributed by atoms with van der Waals surface area (Å²) in [5, 5.41) is 11.9. The molecule has 1 unspecified atom stereocenters. The van der Waals surface area contributed by atoms with E-state index in [2.05, 4.69) is 18.5 Å². The fourth-order valence-corrected chi connectivity index (χ4v) is 5.61. The molecule has 8 nitrogen and oxygen atoms in total. The van der Waals surface area contributed by atoms with E-state index in [0.29, 0.717) is 52.2 Å². The number of fused-ring (bicyclic) bond motifs is 1. The number of amides is 1. The molecule has 9 heteroatoms. The fraction of sp³-hybridized carbons (Fsp3) is 0.219. The lowest BCUT2D eigenvalue weighted by Gasteiger charge is -2.23. The summed E-state index contributed by atoms with van der Waals surface area (Å²) in [6.45, 7) is 6.61. The van der Waals surface area contributed by atoms with Gasteiger partial charge >= 0.3 is 5.91 Å². The van der Waals surface area contributed by atoms with E-state index in [1.165, 1.54) is 16.2 Å². The number of carbonyl (C=O) groups is 2. The van der Waals surface area contributed by atoms with Gasteiger partial charge in [0.05, 0.1) is 35.5 Å². The zero-order valence-electron chi connectivity index (χ0n) is 22.8. The summed E-state index contributed by atoms with van der Waals surface area (Å²) in [7, 11) is 1.58. The van der Waals surface area contributed by atoms with Crippen LogP contribution in [-0.4, -0.2) is 42.1 Å². The molecular weight excluding hydrogens is 540 g/mol. The van der Waals surface area contributed by atoms with Gasteiger partial charge in [0.1, 0.15) is 29.6 Å². The molecular formula is C32H30N2O6S. The Morgan fingerprint density at radius 1 is 1.05 bits per heavy atom. The molecule has 1 saturated heterocycles. The number of benzene rings is 3. The highest BCUT2D eigenvalue weighted by Crippen LogP contribution is 2.45. The summed E-state index contributed by atoms with van der Waals surface area (Å²) >= 11 is 1.27. The van der Waals surface area contributed by atoms with Crippen LogP contribution in [0.5, 0.6) is 17.2 Å². The summed E-state index contributed by atoms with van der Waals surface area (Å²) in [6, 6.07) is 18.4. The van der Waals surface area contributed by atoms with Gasteiger partial charge in [0.2, 0.25) is 0 Å². The Kier molecular flexibility index (Phi) is 8.35. The Balaban J connectivity index is 1.62. The molecule has 2 heterocycles. The molecule has 3 aromatic carbocycles. The Morgan fingerprint density at radius 2 is 1.83 bits per heavy atom. The number of nitrogens with zero attached hydrogens (tertiary/aromatic N) is 2. The highest BCUT2D eigenvalue weighted by molar-refractivity contribution is 7.22. The predicted molar refractivity (Wildman–Crippen MR) is 160 cm³/mol. The van der Waals surface area contributed by atoms with Gasteiger partial charge in [0, 0.05) is 5.56 Å². The van der Waals surface area contributed by atoms with Crippen LogP contribution in [0.1, 0.15) is 36.9 Å². The summed E-state index contributed by atoms with van der Waals surface area (Å²) < 4.78 is 17.6. The SMILES string of the molecule is C=CCOc1ccc(C2/C(=C(\O)c3cccc(OCCCC)c3)C(=O)C(=O)N2c2nc3ccc(OC)cc3s2)cc1. The Labute approximate surface area is 242 Å². The average molecular weight is 571 g/mol. The van der Waals surface area contributed by atoms with Gasteiger partial charge in [-0.25, -0.2) is 4.98 Å². The van der Waals surface area contributed by atoms with E-state index in [1.807, 2.05) is 6.07 Å². The van der Waals surface area contributed by atoms with Crippen LogP contribution in [0.25, 0.3) is 16.0 Å². The number of Topliss-reactive ketones (excluding diaryl/α,β-unsaturated/α-hetero) is 1. The van der Waals surface area contributed by atoms with Crippen molar-refractivity contribution in [3.63, 3.8) is 0 Å². The van der Waals surface area contributed by atoms with Crippen molar-refractivity contribution in [2.24, 2.45) is 0 Å². The van der Waals surface area contributed by atoms with Gasteiger partial charge in [-0.1, -0.05) is 61.6 Å². The smallest absolute Gasteiger partial charge is 0.301 e. The van der Waals surface area contributed by atoms with Crippen molar-refractivity contribution in [1.29, 1.82) is 0 Å². The highest BCUT2D eigenvalue weighted by Gasteiger charge is 2.48. The third kappa shape index (κ3) is 5.67. The van der Waals surface area contributed by atoms with Gasteiger partial charge in [-0.2, -0.15) is 0 Å². The molecule has 1 aliphatic rings. The first kappa shape index (κ1) is 27.9. The number of unbranched alkanes of at least 4 members (excludes halogenated alkanes) is 1. The fourth-order valence-electron chi connectivity index (χ4n) is 4.59. The lowest BCUT2D eigenvalue weighted by Crippen LogP contribution is -2.29. The molecule has 1 atom stereocenters. The molecule has 4 aromatic rings. The van der Waals surface area contributed by atoms with E-state index in [1.54, 1.807) is 73.8 Å². The Hall–Kier alpha value is -4.63. The highest BCUT2D eigenvalue weighted by atomic mass is 32.1. The second-order valence-corrected chi connectivity index (χ2v) is 10.4. The first-order valence-corrected chi connectivity index (χ1v) is 14.1. The van der Waals surface area contributed by atoms with E-state index in [-0.39, 0.29) is 11.3 Å². The van der Waals surface area contributed by atoms with E-state index in [4.69, 9.17) is 14.2 Å². The molecule has 0 aliphatic carbocycles. The van der Waals surface area contributed by atoms with Crippen LogP contribution in [0.2, 0.25) is 0 Å². The molecule has 5 rings (SSSR count). The van der Waals surface area contributed by atoms with Crippen molar-refractivity contribution < 1.29 is 28.9 Å². The number of aromatic nitrogens is 1. The molecule has 210 valence electrons. The third-order valence-electron chi connectivity index (χ3n) is 6.67. The van der Waals surface area contributed by atoms with Crippen molar-refractivity contribution in [3.05, 3.63) is 96.1 Å². The molecule has 0 bridgehead atoms. The molecule has 1 aliphatic heterocycles. The van der Waals surface area contributed by atoms with E-state index < -0.39 is 17.7 Å². The molecule has 1 N–H and O–H groups in total. The summed E-state index contributed by atoms with van der Waals surface area (Å²) in [6.07, 6.45) is 3.52. The number of hydrogen-bond donors (Lipinski definition) is 1. The molecule has 1 amide bonds. The average Bonchev–Trinajstić information content (AvgIpc) is 3.53. The molecule has 1 fully saturated rings. The summed E-state index contributed by atoms with van der Waals surface area (Å²) in [5.74, 6) is -0.0285. The van der Waals surface area contributed by atoms with Crippen LogP contribution in [0.4, 0.5) is 5.13 Å². The van der Waals surface area contributed by atoms with Crippen LogP contribution >= 0.6 is 11.3 Å². The van der Waals surface area contributed by atoms with Gasteiger partial charge in [0.15, 0.2) is 5.13 Å². The number of hydrogen-bond acceptors (Lipinski definition) is 8. The van der Waals surface area contributed by atoms with Gasteiger partial charge in [0.25, 0.3) is 5.78 Å². The molecule has 41 heavy (non-hydrogen) atoms. The van der Waals surface area contributed by atoms with Crippen molar-refractivity contribution >= 4 is 44.1 Å². The minimum atomic E-state index is -0.921. The zero-order chi connectivity index (χ0) is 28.9. The number of aliphatic hydroxyl groups is 1. The standard InChI is InChI=1S/C32H30N2O6S/c1-4-6-17-40-24-9-7-8-21(18-24)29(35)27-28(20-10-12-22(13-11-20)39-16-5-2)34(31(37)30(27)36)32-33-25-15-14-23(38-3)19-26(25)41-32/h5,7-15,18-19,28,35H,2,4,6,16-17H2,1,3H3/b29-27+. The maximum atomic E-state index is 13.6. The Morgan fingerprint density at radius 3 is 2.56 bits per heavy atom. The van der Waals surface area contributed by atoms with E-state index in [0.717, 1.165) is 17.5 Å². The number of rotatable bonds is 11. The molecule has 0 radical (unpaired) electrons. The van der Waals surface area contributed by atoms with Crippen molar-refractivity contribution in [2.45, 2.75) is 25.8 Å².